The lowest BCUT2D eigenvalue weighted by molar-refractivity contribution is 0.255. The van der Waals surface area contributed by atoms with Gasteiger partial charge in [0, 0.05) is 22.7 Å². The van der Waals surface area contributed by atoms with Crippen LogP contribution in [0.4, 0.5) is 28.6 Å². The molecule has 3 heterocycles. The molecule has 4 unspecified atom stereocenters. The molecule has 0 N–H and O–H groups in total. The maximum absolute atomic E-state index is 7.62. The van der Waals surface area contributed by atoms with Gasteiger partial charge in [0.25, 0.3) is 6.71 Å². The predicted molar refractivity (Wildman–Crippen MR) is 295 cm³/mol. The van der Waals surface area contributed by atoms with Gasteiger partial charge < -0.3 is 9.32 Å². The second kappa shape index (κ2) is 15.2. The summed E-state index contributed by atoms with van der Waals surface area (Å²) in [5.41, 5.74) is 25.1. The maximum atomic E-state index is 7.62. The first-order valence-corrected chi connectivity index (χ1v) is 27.3. The molecule has 358 valence electrons. The van der Waals surface area contributed by atoms with Crippen LogP contribution in [0.25, 0.3) is 6.08 Å². The highest BCUT2D eigenvalue weighted by atomic mass is 16.4. The van der Waals surface area contributed by atoms with Gasteiger partial charge in [-0.15, -0.1) is 0 Å². The van der Waals surface area contributed by atoms with E-state index in [1.165, 1.54) is 117 Å². The third-order valence-corrected chi connectivity index (χ3v) is 19.6. The summed E-state index contributed by atoms with van der Waals surface area (Å²) in [5, 5.41) is 0. The number of allylic oxidation sites excluding steroid dienone is 6. The largest absolute Gasteiger partial charge is 0.441 e. The summed E-state index contributed by atoms with van der Waals surface area (Å²) in [4.78, 5) is 5.49. The van der Waals surface area contributed by atoms with E-state index in [1.54, 1.807) is 16.7 Å². The number of fused-ring (bicyclic) bond motifs is 8. The number of rotatable bonds is 3. The molecular formula is C65H79BN2O. The van der Waals surface area contributed by atoms with Gasteiger partial charge in [0.1, 0.15) is 5.76 Å². The van der Waals surface area contributed by atoms with Crippen molar-refractivity contribution in [1.82, 2.24) is 0 Å². The molecule has 0 saturated heterocycles. The highest BCUT2D eigenvalue weighted by molar-refractivity contribution is 7.00. The molecule has 3 nitrogen and oxygen atoms in total. The van der Waals surface area contributed by atoms with Crippen LogP contribution in [0, 0.1) is 35.5 Å². The molecule has 0 bridgehead atoms. The average molecular weight is 915 g/mol. The normalized spacial score (nSPS) is 26.6. The number of nitrogens with zero attached hydrogens (tertiary/aromatic N) is 2. The summed E-state index contributed by atoms with van der Waals surface area (Å²) < 4.78 is 7.62. The van der Waals surface area contributed by atoms with Gasteiger partial charge in [-0.3, -0.25) is 4.90 Å². The van der Waals surface area contributed by atoms with Crippen molar-refractivity contribution in [2.24, 2.45) is 28.6 Å². The van der Waals surface area contributed by atoms with Crippen LogP contribution >= 0.6 is 0 Å². The molecule has 0 spiro atoms. The molecule has 4 atom stereocenters. The van der Waals surface area contributed by atoms with Gasteiger partial charge in [-0.25, -0.2) is 0 Å². The summed E-state index contributed by atoms with van der Waals surface area (Å²) in [6.45, 7) is 34.5. The maximum Gasteiger partial charge on any atom is 0.256 e. The van der Waals surface area contributed by atoms with Crippen molar-refractivity contribution in [2.75, 3.05) is 9.80 Å². The van der Waals surface area contributed by atoms with Crippen molar-refractivity contribution in [3.05, 3.63) is 134 Å². The summed E-state index contributed by atoms with van der Waals surface area (Å²) >= 11 is 0. The molecule has 4 aromatic rings. The lowest BCUT2D eigenvalue weighted by Crippen LogP contribution is -2.63. The molecule has 2 aliphatic heterocycles. The first kappa shape index (κ1) is 45.4. The average Bonchev–Trinajstić information content (AvgIpc) is 3.67. The van der Waals surface area contributed by atoms with Gasteiger partial charge in [-0.2, -0.15) is 0 Å². The molecule has 1 aromatic heterocycles. The fourth-order valence-corrected chi connectivity index (χ4v) is 15.0. The van der Waals surface area contributed by atoms with Crippen molar-refractivity contribution in [3.63, 3.8) is 0 Å². The van der Waals surface area contributed by atoms with E-state index in [0.29, 0.717) is 17.8 Å². The third kappa shape index (κ3) is 6.85. The lowest BCUT2D eigenvalue weighted by atomic mass is 9.32. The Morgan fingerprint density at radius 3 is 2.19 bits per heavy atom. The minimum absolute atomic E-state index is 0.0167. The standard InChI is InChI=1S/C65H79BN2O/c1-38-30-55-59-56(31-38)68(54-37-51-50(64(11,12)28-29-65(51,13)14)35-46(54)41-18-16-15-17-19-41)53-25-22-42(61(4,5)6)32-52(53)66(59)58-47-34-44-39(2)20-21-40(3)45(44)36-57(47)69-60(58)67(55)43-23-24-48-49(33-43)63(9,10)27-26-62(48,7)8/h15-16,18,22-25,30-33,35-36,39-40,44,54H,17,19-21,26-29,34,37H2,1-14H3. The molecule has 0 amide bonds. The summed E-state index contributed by atoms with van der Waals surface area (Å²) in [5.74, 6) is 3.92. The lowest BCUT2D eigenvalue weighted by Gasteiger charge is -2.51. The highest BCUT2D eigenvalue weighted by Crippen LogP contribution is 2.57. The molecule has 1 fully saturated rings. The van der Waals surface area contributed by atoms with Crippen molar-refractivity contribution >= 4 is 57.8 Å². The zero-order valence-corrected chi connectivity index (χ0v) is 44.8. The molecule has 12 rings (SSSR count). The molecule has 4 heteroatoms. The second-order valence-electron chi connectivity index (χ2n) is 27.1. The summed E-state index contributed by atoms with van der Waals surface area (Å²) in [7, 11) is 0. The number of hydrogen-bond donors (Lipinski definition) is 0. The minimum Gasteiger partial charge on any atom is -0.441 e. The zero-order valence-electron chi connectivity index (χ0n) is 44.8. The van der Waals surface area contributed by atoms with Crippen LogP contribution in [-0.4, -0.2) is 12.8 Å². The van der Waals surface area contributed by atoms with Gasteiger partial charge in [0.15, 0.2) is 0 Å². The highest BCUT2D eigenvalue weighted by Gasteiger charge is 2.52. The van der Waals surface area contributed by atoms with Crippen LogP contribution in [0.15, 0.2) is 105 Å². The molecule has 6 aliphatic carbocycles. The van der Waals surface area contributed by atoms with E-state index in [1.807, 2.05) is 0 Å². The smallest absolute Gasteiger partial charge is 0.256 e. The minimum atomic E-state index is -0.0167. The molecule has 0 radical (unpaired) electrons. The molecule has 1 saturated carbocycles. The SMILES string of the molecule is Cc1cc2c3c(c1)N(C1CC4=C(C=C1C1=CC=CCC1)C(C)(C)CCC4(C)C)c1ccc(C(C)(C)C)cc1B3c1c(oc3c1CC1C(=C3)C(C)CCC1C)N2c1ccc2c(c1)C(C)(C)CCC2(C)C. The van der Waals surface area contributed by atoms with E-state index < -0.39 is 0 Å². The van der Waals surface area contributed by atoms with Gasteiger partial charge in [0.2, 0.25) is 5.88 Å². The molecule has 8 aliphatic rings. The van der Waals surface area contributed by atoms with Gasteiger partial charge in [-0.05, 0) is 213 Å². The van der Waals surface area contributed by atoms with Crippen molar-refractivity contribution < 1.29 is 4.42 Å². The van der Waals surface area contributed by atoms with E-state index in [2.05, 4.69) is 186 Å². The van der Waals surface area contributed by atoms with Crippen LogP contribution in [0.5, 0.6) is 0 Å². The number of hydrogen-bond acceptors (Lipinski definition) is 3. The quantitative estimate of drug-likeness (QED) is 0.168. The van der Waals surface area contributed by atoms with Gasteiger partial charge in [0.05, 0.1) is 6.04 Å². The third-order valence-electron chi connectivity index (χ3n) is 19.6. The Bertz CT molecular complexity index is 3020. The van der Waals surface area contributed by atoms with Crippen molar-refractivity contribution in [1.29, 1.82) is 0 Å². The number of benzene rings is 3. The van der Waals surface area contributed by atoms with Gasteiger partial charge in [-0.1, -0.05) is 144 Å². The predicted octanol–water partition coefficient (Wildman–Crippen LogP) is 15.7. The van der Waals surface area contributed by atoms with E-state index >= 15 is 0 Å². The molecular weight excluding hydrogens is 836 g/mol. The first-order valence-electron chi connectivity index (χ1n) is 27.3. The molecule has 3 aromatic carbocycles. The van der Waals surface area contributed by atoms with E-state index in [9.17, 15) is 0 Å². The van der Waals surface area contributed by atoms with Crippen molar-refractivity contribution in [3.8, 4) is 0 Å². The zero-order chi connectivity index (χ0) is 48.5. The number of anilines is 5. The summed E-state index contributed by atoms with van der Waals surface area (Å²) in [6.07, 6.45) is 24.0. The monoisotopic (exact) mass is 915 g/mol. The Balaban J connectivity index is 1.16. The Morgan fingerprint density at radius 1 is 0.725 bits per heavy atom. The van der Waals surface area contributed by atoms with E-state index in [0.717, 1.165) is 37.3 Å². The Labute approximate surface area is 416 Å². The number of furan rings is 1. The fourth-order valence-electron chi connectivity index (χ4n) is 15.0. The Kier molecular flexibility index (Phi) is 9.99. The topological polar surface area (TPSA) is 19.6 Å². The van der Waals surface area contributed by atoms with Crippen LogP contribution in [0.2, 0.25) is 0 Å². The Morgan fingerprint density at radius 2 is 1.45 bits per heavy atom. The van der Waals surface area contributed by atoms with Gasteiger partial charge >= 0.3 is 0 Å². The summed E-state index contributed by atoms with van der Waals surface area (Å²) in [6, 6.07) is 20.4. The van der Waals surface area contributed by atoms with Crippen LogP contribution in [0.3, 0.4) is 0 Å². The molecule has 69 heavy (non-hydrogen) atoms. The van der Waals surface area contributed by atoms with Crippen LogP contribution < -0.4 is 26.2 Å². The van der Waals surface area contributed by atoms with E-state index in [-0.39, 0.29) is 39.8 Å². The van der Waals surface area contributed by atoms with Crippen LogP contribution in [-0.2, 0) is 22.7 Å². The first-order chi connectivity index (χ1) is 32.5. The van der Waals surface area contributed by atoms with Crippen LogP contribution in [0.1, 0.15) is 181 Å². The fraction of sp³-hybridized carbons (Fsp3) is 0.508. The van der Waals surface area contributed by atoms with Crippen molar-refractivity contribution in [2.45, 2.75) is 183 Å². The second-order valence-corrected chi connectivity index (χ2v) is 27.1. The van der Waals surface area contributed by atoms with E-state index in [4.69, 9.17) is 4.42 Å². The number of aryl methyl sites for hydroxylation is 1. The Hall–Kier alpha value is -4.70.